The van der Waals surface area contributed by atoms with Crippen molar-refractivity contribution in [3.8, 4) is 0 Å². The lowest BCUT2D eigenvalue weighted by atomic mass is 9.43. The molecule has 0 aromatic heterocycles. The molecule has 4 heteroatoms. The van der Waals surface area contributed by atoms with Crippen LogP contribution in [-0.4, -0.2) is 44.8 Å². The fourth-order valence-corrected chi connectivity index (χ4v) is 7.21. The molecule has 4 aliphatic rings. The zero-order valence-electron chi connectivity index (χ0n) is 14.4. The van der Waals surface area contributed by atoms with Gasteiger partial charge in [-0.15, -0.1) is 0 Å². The van der Waals surface area contributed by atoms with E-state index in [0.717, 1.165) is 38.5 Å². The van der Waals surface area contributed by atoms with Crippen molar-refractivity contribution in [2.75, 3.05) is 0 Å². The smallest absolute Gasteiger partial charge is 0.0836 e. The van der Waals surface area contributed by atoms with Gasteiger partial charge in [0.05, 0.1) is 24.4 Å². The number of hydrogen-bond acceptors (Lipinski definition) is 4. The summed E-state index contributed by atoms with van der Waals surface area (Å²) in [4.78, 5) is 0. The van der Waals surface area contributed by atoms with Crippen LogP contribution in [0.5, 0.6) is 0 Å². The maximum atomic E-state index is 10.9. The van der Waals surface area contributed by atoms with Gasteiger partial charge in [-0.25, -0.2) is 0 Å². The molecule has 23 heavy (non-hydrogen) atoms. The second-order valence-corrected chi connectivity index (χ2v) is 9.45. The van der Waals surface area contributed by atoms with Gasteiger partial charge in [0, 0.05) is 0 Å². The Morgan fingerprint density at radius 1 is 0.696 bits per heavy atom. The van der Waals surface area contributed by atoms with Gasteiger partial charge in [-0.3, -0.25) is 0 Å². The summed E-state index contributed by atoms with van der Waals surface area (Å²) in [6.07, 6.45) is 4.15. The predicted molar refractivity (Wildman–Crippen MR) is 86.5 cm³/mol. The molecule has 0 aliphatic heterocycles. The lowest BCUT2D eigenvalue weighted by Crippen LogP contribution is -2.64. The van der Waals surface area contributed by atoms with Gasteiger partial charge < -0.3 is 20.4 Å². The van der Waals surface area contributed by atoms with Crippen LogP contribution in [0.2, 0.25) is 0 Å². The quantitative estimate of drug-likeness (QED) is 0.547. The van der Waals surface area contributed by atoms with Crippen LogP contribution in [0.15, 0.2) is 0 Å². The molecule has 0 amide bonds. The van der Waals surface area contributed by atoms with E-state index in [2.05, 4.69) is 13.8 Å². The molecular weight excluding hydrogens is 292 g/mol. The van der Waals surface area contributed by atoms with Crippen molar-refractivity contribution >= 4 is 0 Å². The van der Waals surface area contributed by atoms with Crippen molar-refractivity contribution in [1.82, 2.24) is 0 Å². The lowest BCUT2D eigenvalue weighted by Gasteiger charge is -2.63. The minimum atomic E-state index is -0.740. The third-order valence-corrected chi connectivity index (χ3v) is 8.68. The van der Waals surface area contributed by atoms with E-state index in [-0.39, 0.29) is 34.9 Å². The second kappa shape index (κ2) is 5.17. The average Bonchev–Trinajstić information content (AvgIpc) is 2.82. The van der Waals surface area contributed by atoms with Crippen LogP contribution >= 0.6 is 0 Å². The van der Waals surface area contributed by atoms with Crippen LogP contribution in [0.1, 0.15) is 58.8 Å². The summed E-state index contributed by atoms with van der Waals surface area (Å²) in [5.41, 5.74) is -0.0866. The van der Waals surface area contributed by atoms with Crippen molar-refractivity contribution in [3.63, 3.8) is 0 Å². The Morgan fingerprint density at radius 2 is 1.35 bits per heavy atom. The summed E-state index contributed by atoms with van der Waals surface area (Å²) in [7, 11) is 0. The first-order valence-electron chi connectivity index (χ1n) is 9.51. The molecule has 0 aromatic rings. The molecule has 0 saturated heterocycles. The van der Waals surface area contributed by atoms with Crippen molar-refractivity contribution in [1.29, 1.82) is 0 Å². The highest BCUT2D eigenvalue weighted by molar-refractivity contribution is 5.13. The topological polar surface area (TPSA) is 80.9 Å². The number of aliphatic hydroxyl groups is 4. The number of hydrogen-bond donors (Lipinski definition) is 4. The highest BCUT2D eigenvalue weighted by Gasteiger charge is 2.64. The molecule has 0 radical (unpaired) electrons. The molecule has 4 nitrogen and oxygen atoms in total. The van der Waals surface area contributed by atoms with Gasteiger partial charge in [0.25, 0.3) is 0 Å². The normalized spacial score (nSPS) is 62.3. The Bertz CT molecular complexity index is 482. The van der Waals surface area contributed by atoms with Crippen LogP contribution in [0.4, 0.5) is 0 Å². The molecule has 0 spiro atoms. The molecule has 3 unspecified atom stereocenters. The predicted octanol–water partition coefficient (Wildman–Crippen LogP) is 1.69. The van der Waals surface area contributed by atoms with Gasteiger partial charge in [-0.2, -0.15) is 0 Å². The summed E-state index contributed by atoms with van der Waals surface area (Å²) in [5, 5.41) is 42.3. The van der Waals surface area contributed by atoms with Crippen molar-refractivity contribution in [2.24, 2.45) is 34.5 Å². The summed E-state index contributed by atoms with van der Waals surface area (Å²) < 4.78 is 0. The van der Waals surface area contributed by atoms with E-state index in [1.807, 2.05) is 0 Å². The van der Waals surface area contributed by atoms with Gasteiger partial charge in [0.15, 0.2) is 0 Å². The minimum Gasteiger partial charge on any atom is -0.393 e. The summed E-state index contributed by atoms with van der Waals surface area (Å²) in [6.45, 7) is 4.47. The van der Waals surface area contributed by atoms with Crippen LogP contribution in [-0.2, 0) is 0 Å². The highest BCUT2D eigenvalue weighted by atomic mass is 16.3. The van der Waals surface area contributed by atoms with Gasteiger partial charge in [0.2, 0.25) is 0 Å². The molecule has 0 bridgehead atoms. The largest absolute Gasteiger partial charge is 0.393 e. The van der Waals surface area contributed by atoms with Crippen LogP contribution in [0.25, 0.3) is 0 Å². The molecule has 4 fully saturated rings. The lowest BCUT2D eigenvalue weighted by molar-refractivity contribution is -0.224. The second-order valence-electron chi connectivity index (χ2n) is 9.45. The molecular formula is C19H32O4. The maximum Gasteiger partial charge on any atom is 0.0836 e. The first-order valence-corrected chi connectivity index (χ1v) is 9.51. The van der Waals surface area contributed by atoms with Gasteiger partial charge in [-0.1, -0.05) is 13.8 Å². The number of fused-ring (bicyclic) bond motifs is 5. The number of aliphatic hydroxyl groups excluding tert-OH is 4. The van der Waals surface area contributed by atoms with Crippen molar-refractivity contribution in [2.45, 2.75) is 83.2 Å². The Morgan fingerprint density at radius 3 is 2.09 bits per heavy atom. The van der Waals surface area contributed by atoms with Gasteiger partial charge in [-0.05, 0) is 79.4 Å². The van der Waals surface area contributed by atoms with E-state index in [9.17, 15) is 20.4 Å². The zero-order valence-corrected chi connectivity index (χ0v) is 14.4. The first-order chi connectivity index (χ1) is 10.8. The molecule has 4 N–H and O–H groups in total. The first kappa shape index (κ1) is 16.3. The Labute approximate surface area is 138 Å². The average molecular weight is 324 g/mol. The molecule has 0 aromatic carbocycles. The Balaban J connectivity index is 1.72. The summed E-state index contributed by atoms with van der Waals surface area (Å²) >= 11 is 0. The van der Waals surface area contributed by atoms with Crippen LogP contribution in [0, 0.1) is 34.5 Å². The van der Waals surface area contributed by atoms with Crippen LogP contribution in [0.3, 0.4) is 0 Å². The fourth-order valence-electron chi connectivity index (χ4n) is 7.21. The SMILES string of the molecule is C[C@]12CC[C@H](O)CC1[C@H](O)[C@@H](O)[C@@H]1C2CC[C@@]2(C)C1CC[C@@H]2O. The van der Waals surface area contributed by atoms with Gasteiger partial charge in [0.1, 0.15) is 0 Å². The Kier molecular flexibility index (Phi) is 3.67. The van der Waals surface area contributed by atoms with Crippen molar-refractivity contribution in [3.05, 3.63) is 0 Å². The molecule has 132 valence electrons. The monoisotopic (exact) mass is 324 g/mol. The third kappa shape index (κ3) is 2.04. The fraction of sp³-hybridized carbons (Fsp3) is 1.00. The minimum absolute atomic E-state index is 0.00168. The molecule has 4 rings (SSSR count). The van der Waals surface area contributed by atoms with E-state index >= 15 is 0 Å². The molecule has 4 aliphatic carbocycles. The van der Waals surface area contributed by atoms with E-state index in [1.54, 1.807) is 0 Å². The van der Waals surface area contributed by atoms with E-state index in [0.29, 0.717) is 18.3 Å². The van der Waals surface area contributed by atoms with E-state index < -0.39 is 12.2 Å². The number of rotatable bonds is 0. The van der Waals surface area contributed by atoms with Crippen LogP contribution < -0.4 is 0 Å². The maximum absolute atomic E-state index is 10.9. The molecule has 0 heterocycles. The standard InChI is InChI=1S/C19H32O4/c1-18-7-5-10(20)9-13(18)16(22)17(23)15-11-3-4-14(21)19(11,2)8-6-12(15)18/h10-17,20-23H,3-9H2,1-2H3/t10-,11?,12?,13?,14-,15-,16-,17-,18+,19-/m0/s1. The zero-order chi connectivity index (χ0) is 16.6. The van der Waals surface area contributed by atoms with Crippen molar-refractivity contribution < 1.29 is 20.4 Å². The van der Waals surface area contributed by atoms with Gasteiger partial charge >= 0.3 is 0 Å². The molecule has 4 saturated carbocycles. The Hall–Kier alpha value is -0.160. The highest BCUT2D eigenvalue weighted by Crippen LogP contribution is 2.66. The van der Waals surface area contributed by atoms with E-state index in [1.165, 1.54) is 0 Å². The van der Waals surface area contributed by atoms with E-state index in [4.69, 9.17) is 0 Å². The summed E-state index contributed by atoms with van der Waals surface area (Å²) in [6, 6.07) is 0. The summed E-state index contributed by atoms with van der Waals surface area (Å²) in [5.74, 6) is 0.808. The molecule has 10 atom stereocenters. The third-order valence-electron chi connectivity index (χ3n) is 8.68.